The number of rotatable bonds is 2. The Labute approximate surface area is 181 Å². The zero-order valence-electron chi connectivity index (χ0n) is 15.0. The van der Waals surface area contributed by atoms with E-state index in [0.29, 0.717) is 0 Å². The average Bonchev–Trinajstić information content (AvgIpc) is 3.01. The van der Waals surface area contributed by atoms with Crippen LogP contribution in [-0.4, -0.2) is 0 Å². The Kier molecular flexibility index (Phi) is 4.35. The van der Waals surface area contributed by atoms with Crippen molar-refractivity contribution >= 4 is 37.9 Å². The summed E-state index contributed by atoms with van der Waals surface area (Å²) >= 11 is 14.6. The maximum absolute atomic E-state index is 4.88. The highest BCUT2D eigenvalue weighted by molar-refractivity contribution is 7.80. The van der Waals surface area contributed by atoms with E-state index in [1.54, 1.807) is 0 Å². The van der Waals surface area contributed by atoms with Gasteiger partial charge in [-0.3, -0.25) is 0 Å². The normalized spacial score (nSPS) is 13.8. The minimum Gasteiger partial charge on any atom is -0.143 e. The van der Waals surface area contributed by atoms with Crippen molar-refractivity contribution in [3.05, 3.63) is 113 Å². The lowest BCUT2D eigenvalue weighted by molar-refractivity contribution is 0.732. The molecule has 0 saturated heterocycles. The number of benzene rings is 4. The molecule has 0 heterocycles. The summed E-state index contributed by atoms with van der Waals surface area (Å²) in [6, 6.07) is 31.7. The van der Waals surface area contributed by atoms with Gasteiger partial charge in [-0.1, -0.05) is 72.8 Å². The molecule has 28 heavy (non-hydrogen) atoms. The molecule has 0 atom stereocenters. The highest BCUT2D eigenvalue weighted by atomic mass is 32.1. The Balaban J connectivity index is 2.05. The van der Waals surface area contributed by atoms with Crippen molar-refractivity contribution in [1.82, 2.24) is 0 Å². The first-order valence-electron chi connectivity index (χ1n) is 9.15. The van der Waals surface area contributed by atoms with Crippen molar-refractivity contribution in [3.63, 3.8) is 0 Å². The molecule has 0 fully saturated rings. The van der Waals surface area contributed by atoms with Crippen LogP contribution in [0.25, 0.3) is 11.1 Å². The van der Waals surface area contributed by atoms with Gasteiger partial charge in [0.25, 0.3) is 0 Å². The van der Waals surface area contributed by atoms with E-state index in [9.17, 15) is 0 Å². The zero-order valence-corrected chi connectivity index (χ0v) is 17.7. The number of fused-ring (bicyclic) bond motifs is 3. The molecule has 0 spiro atoms. The van der Waals surface area contributed by atoms with Crippen LogP contribution in [0.4, 0.5) is 0 Å². The van der Waals surface area contributed by atoms with Crippen LogP contribution in [0.2, 0.25) is 0 Å². The van der Waals surface area contributed by atoms with Crippen LogP contribution < -0.4 is 0 Å². The second kappa shape index (κ2) is 6.77. The van der Waals surface area contributed by atoms with Crippen molar-refractivity contribution < 1.29 is 0 Å². The number of hydrogen-bond donors (Lipinski definition) is 3. The molecular weight excluding hydrogens is 396 g/mol. The molecule has 0 N–H and O–H groups in total. The van der Waals surface area contributed by atoms with Gasteiger partial charge in [0.1, 0.15) is 0 Å². The summed E-state index contributed by atoms with van der Waals surface area (Å²) in [4.78, 5) is 2.91. The number of thiol groups is 3. The van der Waals surface area contributed by atoms with Gasteiger partial charge in [0, 0.05) is 20.2 Å². The van der Waals surface area contributed by atoms with Crippen molar-refractivity contribution in [2.24, 2.45) is 0 Å². The van der Waals surface area contributed by atoms with Gasteiger partial charge in [0.2, 0.25) is 0 Å². The topological polar surface area (TPSA) is 0 Å². The lowest BCUT2D eigenvalue weighted by atomic mass is 9.67. The van der Waals surface area contributed by atoms with Gasteiger partial charge in [0.05, 0.1) is 5.41 Å². The maximum atomic E-state index is 4.88. The summed E-state index contributed by atoms with van der Waals surface area (Å²) < 4.78 is 0. The molecule has 4 aromatic rings. The average molecular weight is 415 g/mol. The molecule has 1 aliphatic carbocycles. The second-order valence-corrected chi connectivity index (χ2v) is 8.47. The third kappa shape index (κ3) is 2.37. The van der Waals surface area contributed by atoms with Crippen LogP contribution in [0.5, 0.6) is 0 Å². The fourth-order valence-electron chi connectivity index (χ4n) is 4.62. The molecule has 5 rings (SSSR count). The predicted molar refractivity (Wildman–Crippen MR) is 126 cm³/mol. The van der Waals surface area contributed by atoms with Gasteiger partial charge in [-0.25, -0.2) is 0 Å². The third-order valence-electron chi connectivity index (χ3n) is 5.66. The minimum atomic E-state index is -0.485. The van der Waals surface area contributed by atoms with Crippen LogP contribution in [0.1, 0.15) is 22.3 Å². The Bertz CT molecular complexity index is 1160. The molecule has 1 aliphatic rings. The van der Waals surface area contributed by atoms with Crippen molar-refractivity contribution in [1.29, 1.82) is 0 Å². The minimum absolute atomic E-state index is 0.485. The first-order chi connectivity index (χ1) is 13.7. The molecule has 0 radical (unpaired) electrons. The smallest absolute Gasteiger partial charge is 0.0735 e. The molecule has 4 aromatic carbocycles. The van der Waals surface area contributed by atoms with Crippen LogP contribution >= 0.6 is 37.9 Å². The van der Waals surface area contributed by atoms with Crippen LogP contribution in [0.3, 0.4) is 0 Å². The quantitative estimate of drug-likeness (QED) is 0.257. The summed E-state index contributed by atoms with van der Waals surface area (Å²) in [5.74, 6) is 0. The standard InChI is InChI=1S/C25H18S3/c26-21-13-5-3-10-18(21)25(19-11-4-6-14-22(19)27)17-9-2-1-8-16(17)24-20(25)12-7-15-23(24)28/h1-15,26-28H. The summed E-state index contributed by atoms with van der Waals surface area (Å²) in [6.45, 7) is 0. The van der Waals surface area contributed by atoms with Crippen LogP contribution in [0, 0.1) is 0 Å². The molecule has 0 unspecified atom stereocenters. The molecule has 0 bridgehead atoms. The van der Waals surface area contributed by atoms with Crippen molar-refractivity contribution in [3.8, 4) is 11.1 Å². The molecule has 0 nitrogen and oxygen atoms in total. The van der Waals surface area contributed by atoms with Gasteiger partial charge < -0.3 is 0 Å². The van der Waals surface area contributed by atoms with Gasteiger partial charge >= 0.3 is 0 Å². The van der Waals surface area contributed by atoms with E-state index in [0.717, 1.165) is 25.8 Å². The highest BCUT2D eigenvalue weighted by Gasteiger charge is 2.48. The fraction of sp³-hybridized carbons (Fsp3) is 0.0400. The third-order valence-corrected chi connectivity index (χ3v) is 6.82. The van der Waals surface area contributed by atoms with E-state index in [1.165, 1.54) is 22.3 Å². The maximum Gasteiger partial charge on any atom is 0.0735 e. The Morgan fingerprint density at radius 2 is 0.893 bits per heavy atom. The Hall–Kier alpha value is -2.07. The van der Waals surface area contributed by atoms with Crippen LogP contribution in [-0.2, 0) is 5.41 Å². The van der Waals surface area contributed by atoms with Crippen LogP contribution in [0.15, 0.2) is 106 Å². The SMILES string of the molecule is Sc1ccccc1C1(c2ccccc2S)c2ccccc2-c2c(S)cccc21. The van der Waals surface area contributed by atoms with E-state index < -0.39 is 5.41 Å². The molecule has 0 saturated carbocycles. The molecular formula is C25H18S3. The summed E-state index contributed by atoms with van der Waals surface area (Å²) in [6.07, 6.45) is 0. The van der Waals surface area contributed by atoms with Gasteiger partial charge in [-0.15, -0.1) is 37.9 Å². The van der Waals surface area contributed by atoms with E-state index >= 15 is 0 Å². The van der Waals surface area contributed by atoms with E-state index in [4.69, 9.17) is 37.9 Å². The predicted octanol–water partition coefficient (Wildman–Crippen LogP) is 6.92. The molecule has 3 heteroatoms. The Morgan fingerprint density at radius 3 is 1.50 bits per heavy atom. The summed E-state index contributed by atoms with van der Waals surface area (Å²) in [5, 5.41) is 0. The van der Waals surface area contributed by atoms with E-state index in [-0.39, 0.29) is 0 Å². The molecule has 0 amide bonds. The first-order valence-corrected chi connectivity index (χ1v) is 10.5. The lowest BCUT2D eigenvalue weighted by Gasteiger charge is -2.35. The number of hydrogen-bond acceptors (Lipinski definition) is 3. The molecule has 0 aromatic heterocycles. The van der Waals surface area contributed by atoms with Crippen molar-refractivity contribution in [2.75, 3.05) is 0 Å². The zero-order chi connectivity index (χ0) is 19.3. The van der Waals surface area contributed by atoms with E-state index in [2.05, 4.69) is 78.9 Å². The second-order valence-electron chi connectivity index (χ2n) is 7.03. The molecule has 0 aliphatic heterocycles. The summed E-state index contributed by atoms with van der Waals surface area (Å²) in [7, 11) is 0. The first kappa shape index (κ1) is 18.0. The van der Waals surface area contributed by atoms with Crippen molar-refractivity contribution in [2.45, 2.75) is 20.1 Å². The summed E-state index contributed by atoms with van der Waals surface area (Å²) in [5.41, 5.74) is 6.71. The van der Waals surface area contributed by atoms with Gasteiger partial charge in [0.15, 0.2) is 0 Å². The lowest BCUT2D eigenvalue weighted by Crippen LogP contribution is -2.29. The molecule has 136 valence electrons. The monoisotopic (exact) mass is 414 g/mol. The Morgan fingerprint density at radius 1 is 0.429 bits per heavy atom. The largest absolute Gasteiger partial charge is 0.143 e. The van der Waals surface area contributed by atoms with Gasteiger partial charge in [-0.2, -0.15) is 0 Å². The fourth-order valence-corrected chi connectivity index (χ4v) is 5.60. The van der Waals surface area contributed by atoms with E-state index in [1.807, 2.05) is 12.1 Å². The highest BCUT2D eigenvalue weighted by Crippen LogP contribution is 2.59. The van der Waals surface area contributed by atoms with Gasteiger partial charge in [-0.05, 0) is 46.0 Å².